The van der Waals surface area contributed by atoms with Crippen molar-refractivity contribution in [1.29, 1.82) is 0 Å². The first-order valence-electron chi connectivity index (χ1n) is 17.2. The number of amides is 3. The summed E-state index contributed by atoms with van der Waals surface area (Å²) in [6.45, 7) is 2.20. The topological polar surface area (TPSA) is 182 Å². The molecule has 1 aliphatic carbocycles. The van der Waals surface area contributed by atoms with Crippen LogP contribution in [0.5, 0.6) is 0 Å². The van der Waals surface area contributed by atoms with E-state index < -0.39 is 66.4 Å². The summed E-state index contributed by atoms with van der Waals surface area (Å²) < 4.78 is 73.2. The van der Waals surface area contributed by atoms with Crippen molar-refractivity contribution in [2.45, 2.75) is 83.3 Å². The number of rotatable bonds is 11. The van der Waals surface area contributed by atoms with E-state index in [0.29, 0.717) is 23.7 Å². The molecule has 298 valence electrons. The molecule has 0 radical (unpaired) electrons. The molecule has 3 heterocycles. The minimum Gasteiger partial charge on any atom is -0.465 e. The number of alkyl carbamates (subject to hydrolysis) is 1. The van der Waals surface area contributed by atoms with Crippen LogP contribution in [0.4, 0.5) is 31.5 Å². The zero-order valence-electron chi connectivity index (χ0n) is 30.3. The van der Waals surface area contributed by atoms with Gasteiger partial charge in [-0.05, 0) is 54.9 Å². The Balaban J connectivity index is 1.45. The van der Waals surface area contributed by atoms with Gasteiger partial charge < -0.3 is 15.2 Å². The number of alkyl halides is 5. The number of nitrogens with zero attached hydrogens (tertiary/aromatic N) is 8. The predicted molar refractivity (Wildman–Crippen MR) is 189 cm³/mol. The standard InChI is InChI=1S/C35H36ClF5N10O5/c1-18(35(39,40)41)45-32(55)56-15-26(20-7-12-24(36)23(13-20)27-42-17-44-50(27)29(37)38)49-28(52)34(16-33(2,3)4,47-30(49)46-31(53)54)21-8-5-19(6-9-21)25-14-43-51(48-25)22-10-11-22/h5-9,12-14,17-18,22,26,29H,10-11,15-16H2,1-4H3,(H,45,55)(H,46,47)(H,53,54)/t18?,26?,34-/m1/s1. The van der Waals surface area contributed by atoms with Gasteiger partial charge in [-0.25, -0.2) is 19.6 Å². The van der Waals surface area contributed by atoms with Gasteiger partial charge in [-0.1, -0.05) is 62.7 Å². The molecule has 0 spiro atoms. The number of nitrogens with one attached hydrogen (secondary N) is 2. The number of guanidine groups is 1. The molecule has 2 aromatic heterocycles. The van der Waals surface area contributed by atoms with Crippen molar-refractivity contribution in [2.75, 3.05) is 6.61 Å². The Bertz CT molecular complexity index is 2150. The summed E-state index contributed by atoms with van der Waals surface area (Å²) in [5.74, 6) is -1.69. The number of aliphatic imine (C=N–C) groups is 1. The maximum atomic E-state index is 15.1. The zero-order valence-corrected chi connectivity index (χ0v) is 31.0. The van der Waals surface area contributed by atoms with E-state index in [0.717, 1.165) is 24.1 Å². The van der Waals surface area contributed by atoms with Crippen LogP contribution in [0.15, 0.2) is 60.0 Å². The van der Waals surface area contributed by atoms with Gasteiger partial charge in [0.25, 0.3) is 5.91 Å². The first-order chi connectivity index (χ1) is 26.3. The summed E-state index contributed by atoms with van der Waals surface area (Å²) in [7, 11) is 0. The quantitative estimate of drug-likeness (QED) is 0.133. The maximum absolute atomic E-state index is 15.1. The number of ether oxygens (including phenoxy) is 1. The minimum absolute atomic E-state index is 0.0118. The lowest BCUT2D eigenvalue weighted by Gasteiger charge is -2.35. The van der Waals surface area contributed by atoms with Gasteiger partial charge in [0.05, 0.1) is 23.3 Å². The fourth-order valence-corrected chi connectivity index (χ4v) is 6.51. The Kier molecular flexibility index (Phi) is 10.8. The lowest BCUT2D eigenvalue weighted by molar-refractivity contribution is -0.150. The first-order valence-corrected chi connectivity index (χ1v) is 17.6. The molecule has 0 bridgehead atoms. The molecule has 3 N–H and O–H groups in total. The highest BCUT2D eigenvalue weighted by atomic mass is 35.5. The van der Waals surface area contributed by atoms with Crippen molar-refractivity contribution in [2.24, 2.45) is 10.4 Å². The van der Waals surface area contributed by atoms with Crippen LogP contribution in [0.2, 0.25) is 5.02 Å². The van der Waals surface area contributed by atoms with Gasteiger partial charge in [-0.2, -0.15) is 46.7 Å². The van der Waals surface area contributed by atoms with E-state index in [1.807, 2.05) is 20.8 Å². The van der Waals surface area contributed by atoms with E-state index in [2.05, 4.69) is 25.6 Å². The molecule has 2 aromatic carbocycles. The van der Waals surface area contributed by atoms with Crippen LogP contribution in [-0.2, 0) is 15.1 Å². The zero-order chi connectivity index (χ0) is 40.7. The van der Waals surface area contributed by atoms with Gasteiger partial charge in [-0.3, -0.25) is 15.0 Å². The predicted octanol–water partition coefficient (Wildman–Crippen LogP) is 7.10. The average molecular weight is 807 g/mol. The summed E-state index contributed by atoms with van der Waals surface area (Å²) in [6.07, 6.45) is -3.52. The van der Waals surface area contributed by atoms with E-state index in [1.54, 1.807) is 40.6 Å². The van der Waals surface area contributed by atoms with Crippen molar-refractivity contribution in [1.82, 2.24) is 45.3 Å². The summed E-state index contributed by atoms with van der Waals surface area (Å²) >= 11 is 6.43. The molecule has 15 nitrogen and oxygen atoms in total. The molecule has 56 heavy (non-hydrogen) atoms. The summed E-state index contributed by atoms with van der Waals surface area (Å²) in [4.78, 5) is 51.3. The normalized spacial score (nSPS) is 18.5. The summed E-state index contributed by atoms with van der Waals surface area (Å²) in [5.41, 5.74) is -0.912. The number of benzene rings is 2. The highest BCUT2D eigenvalue weighted by molar-refractivity contribution is 6.33. The second-order valence-electron chi connectivity index (χ2n) is 14.6. The van der Waals surface area contributed by atoms with Crippen molar-refractivity contribution in [3.63, 3.8) is 0 Å². The van der Waals surface area contributed by atoms with E-state index in [9.17, 15) is 36.6 Å². The van der Waals surface area contributed by atoms with Crippen molar-refractivity contribution in [3.05, 3.63) is 71.1 Å². The lowest BCUT2D eigenvalue weighted by Crippen LogP contribution is -2.50. The molecule has 3 atom stereocenters. The van der Waals surface area contributed by atoms with E-state index >= 15 is 4.79 Å². The number of carbonyl (C=O) groups excluding carboxylic acids is 2. The molecule has 21 heteroatoms. The van der Waals surface area contributed by atoms with Gasteiger partial charge in [0.1, 0.15) is 24.7 Å². The largest absolute Gasteiger partial charge is 0.465 e. The Hall–Kier alpha value is -5.66. The summed E-state index contributed by atoms with van der Waals surface area (Å²) in [5, 5.41) is 26.1. The van der Waals surface area contributed by atoms with Crippen LogP contribution in [0.3, 0.4) is 0 Å². The van der Waals surface area contributed by atoms with Gasteiger partial charge in [0.15, 0.2) is 11.4 Å². The molecule has 1 saturated carbocycles. The third-order valence-electron chi connectivity index (χ3n) is 9.03. The van der Waals surface area contributed by atoms with Gasteiger partial charge in [-0.15, -0.1) is 0 Å². The highest BCUT2D eigenvalue weighted by Crippen LogP contribution is 2.46. The molecule has 4 aromatic rings. The van der Waals surface area contributed by atoms with Gasteiger partial charge >= 0.3 is 24.9 Å². The monoisotopic (exact) mass is 806 g/mol. The first kappa shape index (κ1) is 40.0. The van der Waals surface area contributed by atoms with Crippen LogP contribution in [-0.4, -0.2) is 82.6 Å². The smallest absolute Gasteiger partial charge is 0.411 e. The fourth-order valence-electron chi connectivity index (χ4n) is 6.31. The molecular weight excluding hydrogens is 771 g/mol. The maximum Gasteiger partial charge on any atom is 0.411 e. The molecule has 2 aliphatic rings. The van der Waals surface area contributed by atoms with Crippen LogP contribution in [0.25, 0.3) is 22.6 Å². The molecule has 2 unspecified atom stereocenters. The van der Waals surface area contributed by atoms with Crippen LogP contribution in [0, 0.1) is 5.41 Å². The van der Waals surface area contributed by atoms with E-state index in [1.165, 1.54) is 18.2 Å². The lowest BCUT2D eigenvalue weighted by atomic mass is 9.75. The van der Waals surface area contributed by atoms with Crippen LogP contribution in [0.1, 0.15) is 76.7 Å². The van der Waals surface area contributed by atoms with Gasteiger partial charge in [0.2, 0.25) is 5.96 Å². The molecular formula is C35H36ClF5N10O5. The van der Waals surface area contributed by atoms with Crippen molar-refractivity contribution in [3.8, 4) is 22.6 Å². The number of hydrogen-bond donors (Lipinski definition) is 3. The Morgan fingerprint density at radius 2 is 1.79 bits per heavy atom. The number of carboxylic acid groups (broad SMARTS) is 1. The second kappa shape index (κ2) is 15.1. The Morgan fingerprint density at radius 3 is 2.39 bits per heavy atom. The third-order valence-corrected chi connectivity index (χ3v) is 9.36. The van der Waals surface area contributed by atoms with Crippen molar-refractivity contribution < 1.29 is 46.2 Å². The minimum atomic E-state index is -4.82. The molecule has 6 rings (SSSR count). The van der Waals surface area contributed by atoms with Crippen LogP contribution < -0.4 is 10.6 Å². The van der Waals surface area contributed by atoms with Crippen LogP contribution >= 0.6 is 11.6 Å². The van der Waals surface area contributed by atoms with Crippen molar-refractivity contribution >= 4 is 35.7 Å². The van der Waals surface area contributed by atoms with E-state index in [4.69, 9.17) is 21.3 Å². The number of hydrogen-bond acceptors (Lipinski definition) is 9. The average Bonchev–Trinajstić information content (AvgIpc) is 3.51. The highest BCUT2D eigenvalue weighted by Gasteiger charge is 2.54. The second-order valence-corrected chi connectivity index (χ2v) is 15.0. The third kappa shape index (κ3) is 8.43. The molecule has 0 saturated heterocycles. The Morgan fingerprint density at radius 1 is 1.09 bits per heavy atom. The molecule has 1 fully saturated rings. The number of aromatic nitrogens is 6. The molecule has 3 amide bonds. The Labute approximate surface area is 320 Å². The summed E-state index contributed by atoms with van der Waals surface area (Å²) in [6, 6.07) is 6.98. The fraction of sp³-hybridized carbons (Fsp3) is 0.429. The molecule has 1 aliphatic heterocycles. The number of carbonyl (C=O) groups is 3. The SMILES string of the molecule is CC(NC(=O)OCC(c1ccc(Cl)c(-c2ncnn2C(F)F)c1)N1C(=O)[C@@](CC(C)(C)C)(c2ccc(-c3cnn(C4CC4)n3)cc2)N=C1NC(=O)O)C(F)(F)F. The number of halogens is 6. The van der Waals surface area contributed by atoms with Gasteiger partial charge in [0, 0.05) is 11.1 Å². The van der Waals surface area contributed by atoms with E-state index in [-0.39, 0.29) is 39.1 Å².